The first kappa shape index (κ1) is 24.9. The van der Waals surface area contributed by atoms with E-state index in [1.807, 2.05) is 27.0 Å². The van der Waals surface area contributed by atoms with Crippen molar-refractivity contribution in [3.8, 4) is 0 Å². The number of hydrogen-bond donors (Lipinski definition) is 2. The highest BCUT2D eigenvalue weighted by atomic mass is 16.1. The summed E-state index contributed by atoms with van der Waals surface area (Å²) in [5.41, 5.74) is 11.3. The van der Waals surface area contributed by atoms with Crippen LogP contribution in [0.25, 0.3) is 0 Å². The SMILES string of the molecule is CCC=NC1=CC(c2ccc(C(CCC)(CCC)C(=O)C(C)C)c(C)c2)NC(N)=C1C. The molecule has 1 aliphatic rings. The second-order valence-corrected chi connectivity index (χ2v) is 9.11. The Labute approximate surface area is 189 Å². The van der Waals surface area contributed by atoms with Crippen LogP contribution in [0.1, 0.15) is 96.4 Å². The van der Waals surface area contributed by atoms with Gasteiger partial charge in [0, 0.05) is 17.7 Å². The molecule has 1 aromatic carbocycles. The number of nitrogens with zero attached hydrogens (tertiary/aromatic N) is 1. The summed E-state index contributed by atoms with van der Waals surface area (Å²) in [6.07, 6.45) is 8.71. The van der Waals surface area contributed by atoms with Gasteiger partial charge in [0.2, 0.25) is 0 Å². The van der Waals surface area contributed by atoms with Crippen molar-refractivity contribution in [3.63, 3.8) is 0 Å². The lowest BCUT2D eigenvalue weighted by Gasteiger charge is -2.36. The van der Waals surface area contributed by atoms with E-state index < -0.39 is 5.41 Å². The molecule has 0 fully saturated rings. The lowest BCUT2D eigenvalue weighted by atomic mass is 9.66. The molecular formula is C27H41N3O. The summed E-state index contributed by atoms with van der Waals surface area (Å²) in [6, 6.07) is 6.52. The second kappa shape index (κ2) is 10.8. The van der Waals surface area contributed by atoms with E-state index >= 15 is 0 Å². The number of nitrogens with two attached hydrogens (primary N) is 1. The van der Waals surface area contributed by atoms with Crippen LogP contribution in [0, 0.1) is 12.8 Å². The Balaban J connectivity index is 2.51. The molecule has 4 heteroatoms. The lowest BCUT2D eigenvalue weighted by molar-refractivity contribution is -0.128. The van der Waals surface area contributed by atoms with E-state index in [9.17, 15) is 4.79 Å². The van der Waals surface area contributed by atoms with Crippen LogP contribution in [-0.2, 0) is 10.2 Å². The number of rotatable bonds is 10. The van der Waals surface area contributed by atoms with Crippen LogP contribution in [0.2, 0.25) is 0 Å². The number of Topliss-reactive ketones (excluding diaryl/α,β-unsaturated/α-hetero) is 1. The summed E-state index contributed by atoms with van der Waals surface area (Å²) in [5, 5.41) is 3.41. The summed E-state index contributed by atoms with van der Waals surface area (Å²) in [5.74, 6) is 1.05. The number of allylic oxidation sites excluding steroid dienone is 1. The molecule has 1 aromatic rings. The van der Waals surface area contributed by atoms with Crippen LogP contribution in [-0.4, -0.2) is 12.0 Å². The molecule has 4 nitrogen and oxygen atoms in total. The molecule has 31 heavy (non-hydrogen) atoms. The van der Waals surface area contributed by atoms with Crippen molar-refractivity contribution in [2.45, 2.75) is 92.0 Å². The van der Waals surface area contributed by atoms with Gasteiger partial charge in [0.25, 0.3) is 0 Å². The van der Waals surface area contributed by atoms with Gasteiger partial charge < -0.3 is 11.1 Å². The number of ketones is 1. The standard InChI is InChI=1S/C27H41N3O/c1-8-13-27(14-9-2,25(31)18(4)5)22-12-11-21(16-19(22)6)24-17-23(29-15-10-3)20(7)26(28)30-24/h11-12,15-18,24,30H,8-10,13-14,28H2,1-7H3. The molecule has 0 spiro atoms. The highest BCUT2D eigenvalue weighted by molar-refractivity contribution is 5.92. The Kier molecular flexibility index (Phi) is 8.67. The molecule has 1 atom stereocenters. The van der Waals surface area contributed by atoms with E-state index in [1.54, 1.807) is 0 Å². The topological polar surface area (TPSA) is 67.5 Å². The molecule has 3 N–H and O–H groups in total. The van der Waals surface area contributed by atoms with Crippen molar-refractivity contribution in [1.29, 1.82) is 0 Å². The number of carbonyl (C=O) groups is 1. The minimum Gasteiger partial charge on any atom is -0.385 e. The van der Waals surface area contributed by atoms with Gasteiger partial charge in [0.1, 0.15) is 11.6 Å². The average Bonchev–Trinajstić information content (AvgIpc) is 2.73. The Morgan fingerprint density at radius 2 is 1.84 bits per heavy atom. The van der Waals surface area contributed by atoms with Crippen LogP contribution < -0.4 is 11.1 Å². The second-order valence-electron chi connectivity index (χ2n) is 9.11. The Morgan fingerprint density at radius 3 is 2.35 bits per heavy atom. The van der Waals surface area contributed by atoms with Crippen molar-refractivity contribution >= 4 is 12.0 Å². The van der Waals surface area contributed by atoms with Gasteiger partial charge in [0.15, 0.2) is 0 Å². The van der Waals surface area contributed by atoms with Crippen LogP contribution >= 0.6 is 0 Å². The van der Waals surface area contributed by atoms with Gasteiger partial charge in [-0.2, -0.15) is 0 Å². The minimum atomic E-state index is -0.401. The Bertz CT molecular complexity index is 870. The molecule has 1 unspecified atom stereocenters. The molecule has 1 heterocycles. The van der Waals surface area contributed by atoms with E-state index in [0.717, 1.165) is 48.9 Å². The van der Waals surface area contributed by atoms with Crippen LogP contribution in [0.5, 0.6) is 0 Å². The number of dihydropyridines is 1. The molecule has 1 aliphatic heterocycles. The molecule has 0 aliphatic carbocycles. The first-order chi connectivity index (χ1) is 14.7. The van der Waals surface area contributed by atoms with Crippen LogP contribution in [0.3, 0.4) is 0 Å². The minimum absolute atomic E-state index is 0.0204. The molecule has 0 bridgehead atoms. The van der Waals surface area contributed by atoms with E-state index in [0.29, 0.717) is 11.6 Å². The Morgan fingerprint density at radius 1 is 1.19 bits per heavy atom. The first-order valence-electron chi connectivity index (χ1n) is 11.8. The normalized spacial score (nSPS) is 17.3. The van der Waals surface area contributed by atoms with Gasteiger partial charge in [-0.25, -0.2) is 0 Å². The monoisotopic (exact) mass is 423 g/mol. The maximum atomic E-state index is 13.4. The number of nitrogens with one attached hydrogen (secondary N) is 1. The van der Waals surface area contributed by atoms with E-state index in [1.165, 1.54) is 11.1 Å². The van der Waals surface area contributed by atoms with Crippen LogP contribution in [0.4, 0.5) is 0 Å². The summed E-state index contributed by atoms with van der Waals surface area (Å²) >= 11 is 0. The lowest BCUT2D eigenvalue weighted by Crippen LogP contribution is -2.39. The molecule has 2 rings (SSSR count). The van der Waals surface area contributed by atoms with Gasteiger partial charge in [-0.1, -0.05) is 65.7 Å². The third-order valence-corrected chi connectivity index (χ3v) is 6.31. The maximum Gasteiger partial charge on any atom is 0.145 e. The van der Waals surface area contributed by atoms with Crippen LogP contribution in [0.15, 0.2) is 46.4 Å². The molecule has 0 saturated heterocycles. The van der Waals surface area contributed by atoms with Gasteiger partial charge >= 0.3 is 0 Å². The number of aliphatic imine (C=N–C) groups is 1. The number of carbonyl (C=O) groups excluding carboxylic acids is 1. The predicted octanol–water partition coefficient (Wildman–Crippen LogP) is 6.26. The van der Waals surface area contributed by atoms with Crippen molar-refractivity contribution in [3.05, 3.63) is 58.1 Å². The predicted molar refractivity (Wildman–Crippen MR) is 132 cm³/mol. The maximum absolute atomic E-state index is 13.4. The summed E-state index contributed by atoms with van der Waals surface area (Å²) in [4.78, 5) is 18.0. The smallest absolute Gasteiger partial charge is 0.145 e. The average molecular weight is 424 g/mol. The largest absolute Gasteiger partial charge is 0.385 e. The van der Waals surface area contributed by atoms with E-state index in [2.05, 4.69) is 62.3 Å². The first-order valence-corrected chi connectivity index (χ1v) is 11.8. The molecule has 0 saturated carbocycles. The molecule has 0 aromatic heterocycles. The highest BCUT2D eigenvalue weighted by Gasteiger charge is 2.40. The molecule has 0 amide bonds. The van der Waals surface area contributed by atoms with Gasteiger partial charge in [0.05, 0.1) is 17.2 Å². The zero-order valence-electron chi connectivity index (χ0n) is 20.5. The third-order valence-electron chi connectivity index (χ3n) is 6.31. The van der Waals surface area contributed by atoms with Crippen molar-refractivity contribution in [2.24, 2.45) is 16.6 Å². The van der Waals surface area contributed by atoms with Crippen molar-refractivity contribution < 1.29 is 4.79 Å². The van der Waals surface area contributed by atoms with E-state index in [4.69, 9.17) is 5.73 Å². The molecule has 0 radical (unpaired) electrons. The van der Waals surface area contributed by atoms with Gasteiger partial charge in [-0.05, 0) is 55.9 Å². The zero-order chi connectivity index (χ0) is 23.2. The van der Waals surface area contributed by atoms with E-state index in [-0.39, 0.29) is 12.0 Å². The quantitative estimate of drug-likeness (QED) is 0.437. The highest BCUT2D eigenvalue weighted by Crippen LogP contribution is 2.40. The third kappa shape index (κ3) is 5.28. The summed E-state index contributed by atoms with van der Waals surface area (Å²) < 4.78 is 0. The summed E-state index contributed by atoms with van der Waals surface area (Å²) in [7, 11) is 0. The number of aryl methyl sites for hydroxylation is 1. The fourth-order valence-corrected chi connectivity index (χ4v) is 4.84. The molecular weight excluding hydrogens is 382 g/mol. The van der Waals surface area contributed by atoms with Gasteiger partial charge in [-0.15, -0.1) is 0 Å². The number of hydrogen-bond acceptors (Lipinski definition) is 4. The summed E-state index contributed by atoms with van der Waals surface area (Å²) in [6.45, 7) is 14.6. The van der Waals surface area contributed by atoms with Crippen molar-refractivity contribution in [2.75, 3.05) is 0 Å². The fourth-order valence-electron chi connectivity index (χ4n) is 4.84. The zero-order valence-corrected chi connectivity index (χ0v) is 20.5. The number of benzene rings is 1. The van der Waals surface area contributed by atoms with Crippen molar-refractivity contribution in [1.82, 2.24) is 5.32 Å². The fraction of sp³-hybridized carbons (Fsp3) is 0.556. The molecule has 170 valence electrons. The Hall–Kier alpha value is -2.36. The van der Waals surface area contributed by atoms with Gasteiger partial charge in [-0.3, -0.25) is 9.79 Å².